The van der Waals surface area contributed by atoms with Gasteiger partial charge in [-0.1, -0.05) is 26.2 Å². The quantitative estimate of drug-likeness (QED) is 0.874. The third-order valence-electron chi connectivity index (χ3n) is 4.68. The van der Waals surface area contributed by atoms with Crippen LogP contribution >= 0.6 is 0 Å². The molecule has 3 rings (SSSR count). The number of nitrogens with one attached hydrogen (secondary N) is 1. The van der Waals surface area contributed by atoms with Crippen LogP contribution in [-0.2, 0) is 0 Å². The maximum atomic E-state index is 4.50. The summed E-state index contributed by atoms with van der Waals surface area (Å²) in [5, 5.41) is 12.3. The summed E-state index contributed by atoms with van der Waals surface area (Å²) in [6.45, 7) is 6.60. The SMILES string of the molecule is Cc1nnc([C@@H]2CNC[C@H]2C)n1C1CCCCC1. The number of rotatable bonds is 2. The maximum absolute atomic E-state index is 4.50. The molecular weight excluding hydrogens is 224 g/mol. The molecule has 1 aromatic rings. The van der Waals surface area contributed by atoms with Crippen LogP contribution in [0.15, 0.2) is 0 Å². The standard InChI is InChI=1S/C14H24N4/c1-10-8-15-9-13(10)14-17-16-11(2)18(14)12-6-4-3-5-7-12/h10,12-13,15H,3-9H2,1-2H3/t10-,13-/m1/s1. The Morgan fingerprint density at radius 1 is 1.11 bits per heavy atom. The van der Waals surface area contributed by atoms with Crippen molar-refractivity contribution in [2.24, 2.45) is 5.92 Å². The smallest absolute Gasteiger partial charge is 0.137 e. The van der Waals surface area contributed by atoms with Gasteiger partial charge in [-0.2, -0.15) is 0 Å². The molecule has 1 saturated heterocycles. The van der Waals surface area contributed by atoms with E-state index in [0.29, 0.717) is 17.9 Å². The molecule has 100 valence electrons. The molecule has 2 aliphatic rings. The zero-order valence-corrected chi connectivity index (χ0v) is 11.5. The number of nitrogens with zero attached hydrogens (tertiary/aromatic N) is 3. The fourth-order valence-electron chi connectivity index (χ4n) is 3.58. The van der Waals surface area contributed by atoms with Crippen molar-refractivity contribution in [1.82, 2.24) is 20.1 Å². The van der Waals surface area contributed by atoms with Gasteiger partial charge in [-0.25, -0.2) is 0 Å². The van der Waals surface area contributed by atoms with Gasteiger partial charge in [0.15, 0.2) is 0 Å². The van der Waals surface area contributed by atoms with Gasteiger partial charge in [-0.3, -0.25) is 0 Å². The van der Waals surface area contributed by atoms with Crippen LogP contribution < -0.4 is 5.32 Å². The summed E-state index contributed by atoms with van der Waals surface area (Å²) in [6, 6.07) is 0.650. The lowest BCUT2D eigenvalue weighted by atomic mass is 9.93. The lowest BCUT2D eigenvalue weighted by Gasteiger charge is -2.27. The third kappa shape index (κ3) is 2.07. The fourth-order valence-corrected chi connectivity index (χ4v) is 3.58. The first-order chi connectivity index (χ1) is 8.77. The van der Waals surface area contributed by atoms with E-state index in [1.54, 1.807) is 0 Å². The number of aromatic nitrogens is 3. The van der Waals surface area contributed by atoms with Crippen LogP contribution in [0, 0.1) is 12.8 Å². The lowest BCUT2D eigenvalue weighted by Crippen LogP contribution is -2.21. The minimum absolute atomic E-state index is 0.549. The highest BCUT2D eigenvalue weighted by Gasteiger charge is 2.31. The Morgan fingerprint density at radius 3 is 2.56 bits per heavy atom. The Morgan fingerprint density at radius 2 is 1.89 bits per heavy atom. The van der Waals surface area contributed by atoms with E-state index in [9.17, 15) is 0 Å². The van der Waals surface area contributed by atoms with Crippen molar-refractivity contribution >= 4 is 0 Å². The van der Waals surface area contributed by atoms with Gasteiger partial charge in [0, 0.05) is 18.5 Å². The molecule has 0 radical (unpaired) electrons. The van der Waals surface area contributed by atoms with Crippen LogP contribution in [0.1, 0.15) is 62.6 Å². The average molecular weight is 248 g/mol. The molecule has 2 heterocycles. The molecule has 1 N–H and O–H groups in total. The van der Waals surface area contributed by atoms with Crippen LogP contribution in [0.2, 0.25) is 0 Å². The highest BCUT2D eigenvalue weighted by Crippen LogP contribution is 2.34. The van der Waals surface area contributed by atoms with Gasteiger partial charge in [0.25, 0.3) is 0 Å². The Balaban J connectivity index is 1.90. The number of hydrogen-bond acceptors (Lipinski definition) is 3. The van der Waals surface area contributed by atoms with Crippen LogP contribution in [0.3, 0.4) is 0 Å². The van der Waals surface area contributed by atoms with Crippen molar-refractivity contribution in [3.8, 4) is 0 Å². The first-order valence-electron chi connectivity index (χ1n) is 7.39. The Bertz CT molecular complexity index is 406. The maximum Gasteiger partial charge on any atom is 0.137 e. The van der Waals surface area contributed by atoms with Gasteiger partial charge in [0.2, 0.25) is 0 Å². The Kier molecular flexibility index (Phi) is 3.37. The van der Waals surface area contributed by atoms with E-state index in [1.807, 2.05) is 0 Å². The molecule has 0 spiro atoms. The Hall–Kier alpha value is -0.900. The largest absolute Gasteiger partial charge is 0.316 e. The summed E-state index contributed by atoms with van der Waals surface area (Å²) in [5.74, 6) is 3.57. The molecule has 18 heavy (non-hydrogen) atoms. The predicted octanol–water partition coefficient (Wildman–Crippen LogP) is 2.41. The monoisotopic (exact) mass is 248 g/mol. The number of hydrogen-bond donors (Lipinski definition) is 1. The molecule has 1 aliphatic heterocycles. The van der Waals surface area contributed by atoms with E-state index in [-0.39, 0.29) is 0 Å². The highest BCUT2D eigenvalue weighted by atomic mass is 15.3. The third-order valence-corrected chi connectivity index (χ3v) is 4.68. The minimum Gasteiger partial charge on any atom is -0.316 e. The molecule has 4 heteroatoms. The summed E-state index contributed by atoms with van der Waals surface area (Å²) >= 11 is 0. The summed E-state index contributed by atoms with van der Waals surface area (Å²) in [4.78, 5) is 0. The van der Waals surface area contributed by atoms with E-state index in [2.05, 4.69) is 33.9 Å². The first-order valence-corrected chi connectivity index (χ1v) is 7.39. The highest BCUT2D eigenvalue weighted by molar-refractivity contribution is 5.08. The van der Waals surface area contributed by atoms with Crippen molar-refractivity contribution in [3.63, 3.8) is 0 Å². The van der Waals surface area contributed by atoms with E-state index in [1.165, 1.54) is 37.9 Å². The summed E-state index contributed by atoms with van der Waals surface area (Å²) in [7, 11) is 0. The van der Waals surface area contributed by atoms with Gasteiger partial charge < -0.3 is 9.88 Å². The minimum atomic E-state index is 0.549. The van der Waals surface area contributed by atoms with Crippen molar-refractivity contribution in [2.75, 3.05) is 13.1 Å². The van der Waals surface area contributed by atoms with Gasteiger partial charge in [-0.05, 0) is 32.2 Å². The van der Waals surface area contributed by atoms with E-state index in [4.69, 9.17) is 0 Å². The molecule has 2 atom stereocenters. The first kappa shape index (κ1) is 12.2. The van der Waals surface area contributed by atoms with E-state index < -0.39 is 0 Å². The van der Waals surface area contributed by atoms with E-state index in [0.717, 1.165) is 18.9 Å². The van der Waals surface area contributed by atoms with Gasteiger partial charge in [0.05, 0.1) is 0 Å². The van der Waals surface area contributed by atoms with Crippen molar-refractivity contribution in [2.45, 2.75) is 57.9 Å². The van der Waals surface area contributed by atoms with E-state index >= 15 is 0 Å². The molecule has 4 nitrogen and oxygen atoms in total. The van der Waals surface area contributed by atoms with Crippen LogP contribution in [0.4, 0.5) is 0 Å². The molecule has 1 aromatic heterocycles. The summed E-state index contributed by atoms with van der Waals surface area (Å²) in [5.41, 5.74) is 0. The molecule has 1 aliphatic carbocycles. The van der Waals surface area contributed by atoms with Crippen LogP contribution in [0.5, 0.6) is 0 Å². The van der Waals surface area contributed by atoms with Gasteiger partial charge in [-0.15, -0.1) is 10.2 Å². The molecule has 2 fully saturated rings. The second kappa shape index (κ2) is 5.00. The van der Waals surface area contributed by atoms with Crippen molar-refractivity contribution < 1.29 is 0 Å². The average Bonchev–Trinajstić information content (AvgIpc) is 2.96. The lowest BCUT2D eigenvalue weighted by molar-refractivity contribution is 0.332. The Labute approximate surface area is 109 Å². The molecule has 0 unspecified atom stereocenters. The van der Waals surface area contributed by atoms with Gasteiger partial charge in [0.1, 0.15) is 11.6 Å². The molecule has 0 amide bonds. The fraction of sp³-hybridized carbons (Fsp3) is 0.857. The number of aryl methyl sites for hydroxylation is 1. The summed E-state index contributed by atoms with van der Waals surface area (Å²) in [6.07, 6.45) is 6.73. The summed E-state index contributed by atoms with van der Waals surface area (Å²) < 4.78 is 2.45. The second-order valence-corrected chi connectivity index (χ2v) is 6.01. The van der Waals surface area contributed by atoms with Crippen molar-refractivity contribution in [3.05, 3.63) is 11.6 Å². The molecule has 0 bridgehead atoms. The zero-order valence-electron chi connectivity index (χ0n) is 11.5. The second-order valence-electron chi connectivity index (χ2n) is 6.01. The predicted molar refractivity (Wildman–Crippen MR) is 71.7 cm³/mol. The van der Waals surface area contributed by atoms with Gasteiger partial charge >= 0.3 is 0 Å². The normalized spacial score (nSPS) is 29.9. The molecular formula is C14H24N4. The van der Waals surface area contributed by atoms with Crippen LogP contribution in [-0.4, -0.2) is 27.9 Å². The molecule has 0 aromatic carbocycles. The van der Waals surface area contributed by atoms with Crippen molar-refractivity contribution in [1.29, 1.82) is 0 Å². The zero-order chi connectivity index (χ0) is 12.5. The van der Waals surface area contributed by atoms with Crippen LogP contribution in [0.25, 0.3) is 0 Å². The topological polar surface area (TPSA) is 42.7 Å². The molecule has 1 saturated carbocycles.